The number of benzene rings is 1. The second-order valence-electron chi connectivity index (χ2n) is 7.15. The molecule has 1 aromatic carbocycles. The summed E-state index contributed by atoms with van der Waals surface area (Å²) in [6, 6.07) is 7.98. The molecule has 25 heavy (non-hydrogen) atoms. The number of aromatic nitrogens is 2. The molecule has 6 heteroatoms. The van der Waals surface area contributed by atoms with Crippen LogP contribution in [0.3, 0.4) is 0 Å². The van der Waals surface area contributed by atoms with Gasteiger partial charge in [0.25, 0.3) is 0 Å². The van der Waals surface area contributed by atoms with Gasteiger partial charge in [0.15, 0.2) is 0 Å². The Morgan fingerprint density at radius 3 is 3.00 bits per heavy atom. The van der Waals surface area contributed by atoms with Crippen LogP contribution in [-0.4, -0.2) is 59.5 Å². The lowest BCUT2D eigenvalue weighted by Crippen LogP contribution is -2.53. The van der Waals surface area contributed by atoms with Crippen LogP contribution in [0.25, 0.3) is 10.9 Å². The Morgan fingerprint density at radius 2 is 2.20 bits per heavy atom. The molecule has 6 nitrogen and oxygen atoms in total. The zero-order valence-corrected chi connectivity index (χ0v) is 14.8. The van der Waals surface area contributed by atoms with Crippen LogP contribution in [0.2, 0.25) is 0 Å². The first kappa shape index (κ1) is 16.5. The third-order valence-corrected chi connectivity index (χ3v) is 6.06. The maximum Gasteiger partial charge on any atom is 0.228 e. The van der Waals surface area contributed by atoms with Gasteiger partial charge in [0.1, 0.15) is 0 Å². The number of nitrogens with one attached hydrogen (secondary N) is 1. The summed E-state index contributed by atoms with van der Waals surface area (Å²) in [5.74, 6) is 0.134. The van der Waals surface area contributed by atoms with Crippen molar-refractivity contribution in [2.24, 2.45) is 0 Å². The number of H-pyrrole nitrogens is 1. The summed E-state index contributed by atoms with van der Waals surface area (Å²) in [6.07, 6.45) is 4.24. The van der Waals surface area contributed by atoms with Crippen molar-refractivity contribution in [3.63, 3.8) is 0 Å². The normalized spacial score (nSPS) is 29.1. The third kappa shape index (κ3) is 2.73. The van der Waals surface area contributed by atoms with Crippen molar-refractivity contribution in [1.29, 1.82) is 0 Å². The Morgan fingerprint density at radius 1 is 1.36 bits per heavy atom. The zero-order chi connectivity index (χ0) is 17.4. The average molecular weight is 343 g/mol. The summed E-state index contributed by atoms with van der Waals surface area (Å²) in [7, 11) is 3.53. The average Bonchev–Trinajstić information content (AvgIpc) is 3.23. The van der Waals surface area contributed by atoms with Crippen LogP contribution in [0.5, 0.6) is 0 Å². The van der Waals surface area contributed by atoms with Crippen molar-refractivity contribution < 1.29 is 14.3 Å². The first-order chi connectivity index (χ1) is 12.2. The van der Waals surface area contributed by atoms with Gasteiger partial charge < -0.3 is 14.4 Å². The van der Waals surface area contributed by atoms with Gasteiger partial charge in [-0.2, -0.15) is 5.10 Å². The Balaban J connectivity index is 1.55. The molecule has 0 unspecified atom stereocenters. The van der Waals surface area contributed by atoms with E-state index in [1.807, 2.05) is 29.2 Å². The van der Waals surface area contributed by atoms with Gasteiger partial charge in [0.2, 0.25) is 5.91 Å². The minimum atomic E-state index is -0.208. The van der Waals surface area contributed by atoms with Gasteiger partial charge in [-0.05, 0) is 31.7 Å². The van der Waals surface area contributed by atoms with E-state index in [2.05, 4.69) is 10.2 Å². The number of hydrogen-bond acceptors (Lipinski definition) is 4. The molecule has 1 aliphatic heterocycles. The molecule has 1 saturated heterocycles. The lowest BCUT2D eigenvalue weighted by molar-refractivity contribution is -0.140. The first-order valence-electron chi connectivity index (χ1n) is 8.96. The number of nitrogens with zero attached hydrogens (tertiary/aromatic N) is 2. The minimum absolute atomic E-state index is 0.0953. The molecule has 1 saturated carbocycles. The van der Waals surface area contributed by atoms with E-state index in [0.717, 1.165) is 48.8 Å². The molecule has 1 aliphatic carbocycles. The Bertz CT molecular complexity index is 774. The Hall–Kier alpha value is -1.92. The Kier molecular flexibility index (Phi) is 4.25. The second kappa shape index (κ2) is 6.42. The molecule has 0 radical (unpaired) electrons. The van der Waals surface area contributed by atoms with E-state index >= 15 is 0 Å². The highest BCUT2D eigenvalue weighted by atomic mass is 16.5. The number of aromatic amines is 1. The topological polar surface area (TPSA) is 67.5 Å². The molecule has 134 valence electrons. The summed E-state index contributed by atoms with van der Waals surface area (Å²) in [4.78, 5) is 15.1. The molecule has 0 spiro atoms. The van der Waals surface area contributed by atoms with Gasteiger partial charge >= 0.3 is 0 Å². The van der Waals surface area contributed by atoms with Crippen molar-refractivity contribution >= 4 is 16.8 Å². The Labute approximate surface area is 147 Å². The fourth-order valence-electron chi connectivity index (χ4n) is 4.58. The largest absolute Gasteiger partial charge is 0.381 e. The molecule has 4 rings (SSSR count). The van der Waals surface area contributed by atoms with Gasteiger partial charge in [-0.3, -0.25) is 9.89 Å². The van der Waals surface area contributed by atoms with Crippen LogP contribution >= 0.6 is 0 Å². The number of hydrogen-bond donors (Lipinski definition) is 1. The number of para-hydroxylation sites is 1. The smallest absolute Gasteiger partial charge is 0.228 e. The van der Waals surface area contributed by atoms with Crippen LogP contribution in [0.1, 0.15) is 31.4 Å². The first-order valence-corrected chi connectivity index (χ1v) is 8.96. The highest BCUT2D eigenvalue weighted by Crippen LogP contribution is 2.43. The third-order valence-electron chi connectivity index (χ3n) is 6.06. The number of ether oxygens (including phenoxy) is 2. The van der Waals surface area contributed by atoms with E-state index in [-0.39, 0.29) is 23.7 Å². The molecule has 3 atom stereocenters. The highest BCUT2D eigenvalue weighted by Gasteiger charge is 2.52. The lowest BCUT2D eigenvalue weighted by atomic mass is 9.79. The van der Waals surface area contributed by atoms with Crippen molar-refractivity contribution in [2.45, 2.75) is 49.9 Å². The van der Waals surface area contributed by atoms with E-state index < -0.39 is 0 Å². The number of fused-ring (bicyclic) bond motifs is 2. The van der Waals surface area contributed by atoms with E-state index in [1.165, 1.54) is 0 Å². The monoisotopic (exact) mass is 343 g/mol. The second-order valence-corrected chi connectivity index (χ2v) is 7.15. The van der Waals surface area contributed by atoms with Crippen LogP contribution in [0.15, 0.2) is 24.3 Å². The molecular formula is C19H25N3O3. The van der Waals surface area contributed by atoms with Crippen LogP contribution in [-0.2, 0) is 20.7 Å². The summed E-state index contributed by atoms with van der Waals surface area (Å²) in [6.45, 7) is 0.750. The molecular weight excluding hydrogens is 318 g/mol. The lowest BCUT2D eigenvalue weighted by Gasteiger charge is -2.43. The van der Waals surface area contributed by atoms with Crippen molar-refractivity contribution in [1.82, 2.24) is 15.1 Å². The van der Waals surface area contributed by atoms with Gasteiger partial charge in [0.05, 0.1) is 35.4 Å². The van der Waals surface area contributed by atoms with Crippen molar-refractivity contribution in [3.05, 3.63) is 30.0 Å². The summed E-state index contributed by atoms with van der Waals surface area (Å²) < 4.78 is 11.5. The number of rotatable bonds is 4. The number of methoxy groups -OCH3 is 2. The fraction of sp³-hybridized carbons (Fsp3) is 0.579. The van der Waals surface area contributed by atoms with Gasteiger partial charge in [-0.1, -0.05) is 18.2 Å². The van der Waals surface area contributed by atoms with E-state index in [4.69, 9.17) is 9.47 Å². The number of amides is 1. The van der Waals surface area contributed by atoms with Gasteiger partial charge in [0, 0.05) is 26.2 Å². The molecule has 2 aliphatic rings. The molecule has 1 aromatic heterocycles. The van der Waals surface area contributed by atoms with E-state index in [1.54, 1.807) is 14.2 Å². The number of carbonyl (C=O) groups excluding carboxylic acids is 1. The van der Waals surface area contributed by atoms with E-state index in [0.29, 0.717) is 6.42 Å². The van der Waals surface area contributed by atoms with Crippen molar-refractivity contribution in [2.75, 3.05) is 20.8 Å². The molecule has 0 bridgehead atoms. The summed E-state index contributed by atoms with van der Waals surface area (Å²) in [5, 5.41) is 8.34. The SMILES string of the molecule is CO[C@@H]1CC[C@@]2(OC)CCN(C(=O)Cc3[nH]nc4ccccc34)[C@H]2C1. The molecule has 2 heterocycles. The van der Waals surface area contributed by atoms with Crippen LogP contribution in [0, 0.1) is 0 Å². The van der Waals surface area contributed by atoms with Gasteiger partial charge in [-0.25, -0.2) is 0 Å². The highest BCUT2D eigenvalue weighted by molar-refractivity contribution is 5.87. The summed E-state index contributed by atoms with van der Waals surface area (Å²) in [5.41, 5.74) is 1.57. The van der Waals surface area contributed by atoms with E-state index in [9.17, 15) is 4.79 Å². The number of likely N-dealkylation sites (tertiary alicyclic amines) is 1. The maximum absolute atomic E-state index is 13.0. The van der Waals surface area contributed by atoms with Crippen LogP contribution < -0.4 is 0 Å². The standard InChI is InChI=1S/C19H25N3O3/c1-24-13-7-8-19(25-2)9-10-22(17(19)11-13)18(23)12-16-14-5-3-4-6-15(14)20-21-16/h3-6,13,17H,7-12H2,1-2H3,(H,20,21)/t13-,17+,19-/m1/s1. The molecule has 2 fully saturated rings. The van der Waals surface area contributed by atoms with Crippen molar-refractivity contribution in [3.8, 4) is 0 Å². The predicted molar refractivity (Wildman–Crippen MR) is 94.3 cm³/mol. The minimum Gasteiger partial charge on any atom is -0.381 e. The molecule has 2 aromatic rings. The quantitative estimate of drug-likeness (QED) is 0.925. The zero-order valence-electron chi connectivity index (χ0n) is 14.8. The van der Waals surface area contributed by atoms with Crippen LogP contribution in [0.4, 0.5) is 0 Å². The maximum atomic E-state index is 13.0. The van der Waals surface area contributed by atoms with Gasteiger partial charge in [-0.15, -0.1) is 0 Å². The fourth-order valence-corrected chi connectivity index (χ4v) is 4.58. The molecule has 1 amide bonds. The predicted octanol–water partition coefficient (Wildman–Crippen LogP) is 2.29. The summed E-state index contributed by atoms with van der Waals surface area (Å²) >= 11 is 0. The molecule has 1 N–H and O–H groups in total. The number of carbonyl (C=O) groups is 1.